The molecule has 4 rings (SSSR count). The van der Waals surface area contributed by atoms with Crippen LogP contribution in [0.1, 0.15) is 0 Å². The van der Waals surface area contributed by atoms with Crippen molar-refractivity contribution in [3.05, 3.63) is 66.1 Å². The molecule has 4 aromatic rings. The number of rotatable bonds is 3. The number of anilines is 1. The first-order chi connectivity index (χ1) is 11.7. The maximum Gasteiger partial charge on any atom is 0.168 e. The van der Waals surface area contributed by atoms with Crippen molar-refractivity contribution in [2.75, 3.05) is 5.73 Å². The van der Waals surface area contributed by atoms with Crippen LogP contribution < -0.4 is 10.5 Å². The highest BCUT2D eigenvalue weighted by molar-refractivity contribution is 6.30. The van der Waals surface area contributed by atoms with E-state index in [4.69, 9.17) is 22.1 Å². The van der Waals surface area contributed by atoms with E-state index in [0.29, 0.717) is 22.2 Å². The Balaban J connectivity index is 1.63. The largest absolute Gasteiger partial charge is 0.457 e. The van der Waals surface area contributed by atoms with Gasteiger partial charge in [0.05, 0.1) is 17.3 Å². The van der Waals surface area contributed by atoms with Gasteiger partial charge >= 0.3 is 0 Å². The number of hydrogen-bond donors (Lipinski definition) is 1. The Morgan fingerprint density at radius 1 is 0.917 bits per heavy atom. The maximum atomic E-state index is 5.87. The third-order valence-corrected chi connectivity index (χ3v) is 3.78. The molecule has 7 heteroatoms. The van der Waals surface area contributed by atoms with E-state index < -0.39 is 0 Å². The molecule has 2 heterocycles. The summed E-state index contributed by atoms with van der Waals surface area (Å²) >= 11 is 5.87. The summed E-state index contributed by atoms with van der Waals surface area (Å²) in [5.74, 6) is 1.85. The van der Waals surface area contributed by atoms with E-state index in [9.17, 15) is 0 Å². The first-order valence-corrected chi connectivity index (χ1v) is 7.56. The van der Waals surface area contributed by atoms with Gasteiger partial charge in [-0.2, -0.15) is 5.10 Å². The molecular formula is C17H12ClN5O. The molecule has 118 valence electrons. The highest BCUT2D eigenvalue weighted by Crippen LogP contribution is 2.25. The van der Waals surface area contributed by atoms with Gasteiger partial charge in [-0.15, -0.1) is 0 Å². The highest BCUT2D eigenvalue weighted by Gasteiger charge is 2.09. The van der Waals surface area contributed by atoms with E-state index in [1.54, 1.807) is 23.0 Å². The van der Waals surface area contributed by atoms with Crippen molar-refractivity contribution in [2.24, 2.45) is 0 Å². The van der Waals surface area contributed by atoms with Gasteiger partial charge < -0.3 is 10.5 Å². The third kappa shape index (κ3) is 2.63. The minimum atomic E-state index is 0.411. The van der Waals surface area contributed by atoms with Crippen molar-refractivity contribution >= 4 is 28.5 Å². The molecule has 6 nitrogen and oxygen atoms in total. The number of hydrogen-bond acceptors (Lipinski definition) is 5. The lowest BCUT2D eigenvalue weighted by Gasteiger charge is -2.07. The zero-order valence-electron chi connectivity index (χ0n) is 12.4. The Hall–Kier alpha value is -3.12. The fraction of sp³-hybridized carbons (Fsp3) is 0. The molecule has 0 saturated heterocycles. The Morgan fingerprint density at radius 3 is 2.29 bits per heavy atom. The summed E-state index contributed by atoms with van der Waals surface area (Å²) in [5.41, 5.74) is 7.35. The summed E-state index contributed by atoms with van der Waals surface area (Å²) in [6, 6.07) is 14.7. The quantitative estimate of drug-likeness (QED) is 0.614. The van der Waals surface area contributed by atoms with Crippen LogP contribution in [0.4, 0.5) is 5.82 Å². The second-order valence-electron chi connectivity index (χ2n) is 5.10. The topological polar surface area (TPSA) is 78.9 Å². The fourth-order valence-corrected chi connectivity index (χ4v) is 2.47. The van der Waals surface area contributed by atoms with E-state index >= 15 is 0 Å². The van der Waals surface area contributed by atoms with Gasteiger partial charge in [-0.25, -0.2) is 14.6 Å². The molecule has 0 aliphatic heterocycles. The summed E-state index contributed by atoms with van der Waals surface area (Å²) in [6.45, 7) is 0. The monoisotopic (exact) mass is 337 g/mol. The number of ether oxygens (including phenoxy) is 1. The number of aromatic nitrogens is 4. The summed E-state index contributed by atoms with van der Waals surface area (Å²) in [6.07, 6.45) is 3.08. The van der Waals surface area contributed by atoms with Gasteiger partial charge in [-0.3, -0.25) is 0 Å². The molecule has 0 radical (unpaired) electrons. The molecule has 2 aromatic heterocycles. The van der Waals surface area contributed by atoms with Crippen molar-refractivity contribution < 1.29 is 4.74 Å². The van der Waals surface area contributed by atoms with Gasteiger partial charge in [0, 0.05) is 5.02 Å². The maximum absolute atomic E-state index is 5.87. The lowest BCUT2D eigenvalue weighted by molar-refractivity contribution is 0.482. The lowest BCUT2D eigenvalue weighted by Crippen LogP contribution is -1.99. The van der Waals surface area contributed by atoms with Gasteiger partial charge in [0.2, 0.25) is 0 Å². The first-order valence-electron chi connectivity index (χ1n) is 7.19. The Kier molecular flexibility index (Phi) is 3.51. The van der Waals surface area contributed by atoms with E-state index in [2.05, 4.69) is 15.1 Å². The molecule has 0 unspecified atom stereocenters. The third-order valence-electron chi connectivity index (χ3n) is 3.53. The normalized spacial score (nSPS) is 10.9. The second-order valence-corrected chi connectivity index (χ2v) is 5.54. The van der Waals surface area contributed by atoms with Crippen molar-refractivity contribution in [3.8, 4) is 17.2 Å². The minimum Gasteiger partial charge on any atom is -0.457 e. The SMILES string of the molecule is Nc1ncnc2c1cnn2-c1ccc(Oc2ccc(Cl)cc2)cc1. The van der Waals surface area contributed by atoms with E-state index in [0.717, 1.165) is 16.8 Å². The molecule has 2 aromatic carbocycles. The van der Waals surface area contributed by atoms with Gasteiger partial charge in [0.1, 0.15) is 23.6 Å². The molecule has 2 N–H and O–H groups in total. The summed E-state index contributed by atoms with van der Waals surface area (Å²) in [4.78, 5) is 8.21. The summed E-state index contributed by atoms with van der Waals surface area (Å²) in [5, 5.41) is 5.72. The van der Waals surface area contributed by atoms with E-state index in [1.165, 1.54) is 6.33 Å². The van der Waals surface area contributed by atoms with Crippen LogP contribution in [0.3, 0.4) is 0 Å². The average Bonchev–Trinajstić information content (AvgIpc) is 3.03. The molecule has 0 fully saturated rings. The summed E-state index contributed by atoms with van der Waals surface area (Å²) in [7, 11) is 0. The smallest absolute Gasteiger partial charge is 0.168 e. The van der Waals surface area contributed by atoms with Gasteiger partial charge in [0.25, 0.3) is 0 Å². The highest BCUT2D eigenvalue weighted by atomic mass is 35.5. The molecule has 0 saturated carbocycles. The van der Waals surface area contributed by atoms with Crippen LogP contribution in [0.15, 0.2) is 61.1 Å². The molecule has 0 aliphatic carbocycles. The number of nitrogens with zero attached hydrogens (tertiary/aromatic N) is 4. The number of nitrogens with two attached hydrogens (primary N) is 1. The predicted molar refractivity (Wildman–Crippen MR) is 92.6 cm³/mol. The Morgan fingerprint density at radius 2 is 1.58 bits per heavy atom. The number of nitrogen functional groups attached to an aromatic ring is 1. The van der Waals surface area contributed by atoms with Crippen molar-refractivity contribution in [3.63, 3.8) is 0 Å². The molecule has 24 heavy (non-hydrogen) atoms. The number of benzene rings is 2. The Bertz CT molecular complexity index is 996. The number of fused-ring (bicyclic) bond motifs is 1. The van der Waals surface area contributed by atoms with Crippen LogP contribution in [0.25, 0.3) is 16.7 Å². The van der Waals surface area contributed by atoms with Crippen molar-refractivity contribution in [1.82, 2.24) is 19.7 Å². The molecule has 0 bridgehead atoms. The predicted octanol–water partition coefficient (Wildman–Crippen LogP) is 3.84. The fourth-order valence-electron chi connectivity index (χ4n) is 2.35. The first kappa shape index (κ1) is 14.5. The molecule has 0 aliphatic rings. The Labute approximate surface area is 142 Å². The molecular weight excluding hydrogens is 326 g/mol. The van der Waals surface area contributed by atoms with Crippen LogP contribution in [-0.2, 0) is 0 Å². The van der Waals surface area contributed by atoms with Crippen LogP contribution in [0, 0.1) is 0 Å². The molecule has 0 atom stereocenters. The second kappa shape index (κ2) is 5.82. The van der Waals surface area contributed by atoms with Gasteiger partial charge in [0.15, 0.2) is 5.65 Å². The average molecular weight is 338 g/mol. The standard InChI is InChI=1S/C17H12ClN5O/c18-11-1-5-13(6-2-11)24-14-7-3-12(4-8-14)23-17-15(9-22-23)16(19)20-10-21-17/h1-10H,(H2,19,20,21). The van der Waals surface area contributed by atoms with Gasteiger partial charge in [-0.05, 0) is 48.5 Å². The van der Waals surface area contributed by atoms with Gasteiger partial charge in [-0.1, -0.05) is 11.6 Å². The number of halogens is 1. The van der Waals surface area contributed by atoms with Crippen LogP contribution in [-0.4, -0.2) is 19.7 Å². The lowest BCUT2D eigenvalue weighted by atomic mass is 10.3. The van der Waals surface area contributed by atoms with E-state index in [1.807, 2.05) is 36.4 Å². The summed E-state index contributed by atoms with van der Waals surface area (Å²) < 4.78 is 7.49. The van der Waals surface area contributed by atoms with E-state index in [-0.39, 0.29) is 0 Å². The molecule has 0 spiro atoms. The molecule has 0 amide bonds. The zero-order valence-corrected chi connectivity index (χ0v) is 13.2. The zero-order chi connectivity index (χ0) is 16.5. The van der Waals surface area contributed by atoms with Crippen molar-refractivity contribution in [1.29, 1.82) is 0 Å². The van der Waals surface area contributed by atoms with Crippen LogP contribution in [0.5, 0.6) is 11.5 Å². The minimum absolute atomic E-state index is 0.411. The van der Waals surface area contributed by atoms with Crippen molar-refractivity contribution in [2.45, 2.75) is 0 Å². The van der Waals surface area contributed by atoms with Crippen LogP contribution in [0.2, 0.25) is 5.02 Å². The van der Waals surface area contributed by atoms with Crippen LogP contribution >= 0.6 is 11.6 Å².